The maximum atomic E-state index is 12.4. The SMILES string of the molecule is Cn1cc(CCC(=O)N2CCC(O)(C(=O)O)CC2)c2ccccc21. The van der Waals surface area contributed by atoms with E-state index in [-0.39, 0.29) is 31.8 Å². The fraction of sp³-hybridized carbons (Fsp3) is 0.444. The number of hydrogen-bond donors (Lipinski definition) is 2. The Hall–Kier alpha value is -2.34. The molecule has 128 valence electrons. The molecule has 2 heterocycles. The zero-order chi connectivity index (χ0) is 17.3. The molecular formula is C18H22N2O4. The van der Waals surface area contributed by atoms with Crippen LogP contribution in [0, 0.1) is 0 Å². The lowest BCUT2D eigenvalue weighted by Gasteiger charge is -2.35. The second-order valence-corrected chi connectivity index (χ2v) is 6.50. The Balaban J connectivity index is 1.61. The lowest BCUT2D eigenvalue weighted by molar-refractivity contribution is -0.165. The number of piperidine rings is 1. The summed E-state index contributed by atoms with van der Waals surface area (Å²) < 4.78 is 2.06. The number of carboxylic acid groups (broad SMARTS) is 1. The van der Waals surface area contributed by atoms with Gasteiger partial charge in [-0.25, -0.2) is 4.79 Å². The number of hydrogen-bond acceptors (Lipinski definition) is 3. The summed E-state index contributed by atoms with van der Waals surface area (Å²) in [6, 6.07) is 8.10. The number of fused-ring (bicyclic) bond motifs is 1. The first-order valence-corrected chi connectivity index (χ1v) is 8.17. The number of amides is 1. The molecular weight excluding hydrogens is 308 g/mol. The monoisotopic (exact) mass is 330 g/mol. The number of benzene rings is 1. The second kappa shape index (κ2) is 6.28. The zero-order valence-electron chi connectivity index (χ0n) is 13.7. The van der Waals surface area contributed by atoms with Crippen LogP contribution < -0.4 is 0 Å². The van der Waals surface area contributed by atoms with E-state index in [0.717, 1.165) is 16.5 Å². The lowest BCUT2D eigenvalue weighted by atomic mass is 9.91. The fourth-order valence-electron chi connectivity index (χ4n) is 3.36. The third-order valence-electron chi connectivity index (χ3n) is 4.93. The van der Waals surface area contributed by atoms with Crippen LogP contribution in [0.4, 0.5) is 0 Å². The Morgan fingerprint density at radius 3 is 2.54 bits per heavy atom. The van der Waals surface area contributed by atoms with E-state index in [1.165, 1.54) is 0 Å². The Labute approximate surface area is 140 Å². The van der Waals surface area contributed by atoms with Crippen molar-refractivity contribution in [3.8, 4) is 0 Å². The summed E-state index contributed by atoms with van der Waals surface area (Å²) in [6.07, 6.45) is 3.27. The maximum absolute atomic E-state index is 12.4. The summed E-state index contributed by atoms with van der Waals surface area (Å²) in [5.41, 5.74) is 0.594. The molecule has 3 rings (SSSR count). The van der Waals surface area contributed by atoms with Gasteiger partial charge in [-0.05, 0) is 18.1 Å². The molecule has 6 nitrogen and oxygen atoms in total. The standard InChI is InChI=1S/C18H22N2O4/c1-19-12-13(14-4-2-3-5-15(14)19)6-7-16(21)20-10-8-18(24,9-11-20)17(22)23/h2-5,12,24H,6-11H2,1H3,(H,22,23). The summed E-state index contributed by atoms with van der Waals surface area (Å²) in [7, 11) is 1.99. The van der Waals surface area contributed by atoms with Crippen LogP contribution in [0.2, 0.25) is 0 Å². The third-order valence-corrected chi connectivity index (χ3v) is 4.93. The van der Waals surface area contributed by atoms with Gasteiger partial charge >= 0.3 is 5.97 Å². The number of carbonyl (C=O) groups is 2. The first kappa shape index (κ1) is 16.5. The molecule has 1 aromatic carbocycles. The minimum Gasteiger partial charge on any atom is -0.479 e. The number of likely N-dealkylation sites (tertiary alicyclic amines) is 1. The first-order valence-electron chi connectivity index (χ1n) is 8.17. The summed E-state index contributed by atoms with van der Waals surface area (Å²) >= 11 is 0. The van der Waals surface area contributed by atoms with E-state index in [0.29, 0.717) is 12.8 Å². The van der Waals surface area contributed by atoms with E-state index in [4.69, 9.17) is 5.11 Å². The minimum absolute atomic E-state index is 0.00960. The van der Waals surface area contributed by atoms with E-state index in [1.807, 2.05) is 19.2 Å². The molecule has 0 atom stereocenters. The Bertz CT molecular complexity index is 772. The number of nitrogens with zero attached hydrogens (tertiary/aromatic N) is 2. The number of carboxylic acids is 1. The van der Waals surface area contributed by atoms with Crippen molar-refractivity contribution in [2.45, 2.75) is 31.3 Å². The quantitative estimate of drug-likeness (QED) is 0.891. The van der Waals surface area contributed by atoms with Crippen LogP contribution in [0.3, 0.4) is 0 Å². The Kier molecular flexibility index (Phi) is 4.32. The molecule has 0 bridgehead atoms. The normalized spacial score (nSPS) is 17.2. The minimum atomic E-state index is -1.69. The predicted molar refractivity (Wildman–Crippen MR) is 89.6 cm³/mol. The Morgan fingerprint density at radius 1 is 1.21 bits per heavy atom. The van der Waals surface area contributed by atoms with Crippen molar-refractivity contribution in [1.82, 2.24) is 9.47 Å². The number of para-hydroxylation sites is 1. The molecule has 1 aliphatic rings. The van der Waals surface area contributed by atoms with Crippen molar-refractivity contribution in [3.05, 3.63) is 36.0 Å². The number of aryl methyl sites for hydroxylation is 2. The summed E-state index contributed by atoms with van der Waals surface area (Å²) in [4.78, 5) is 25.1. The number of rotatable bonds is 4. The van der Waals surface area contributed by atoms with Crippen molar-refractivity contribution < 1.29 is 19.8 Å². The first-order chi connectivity index (χ1) is 11.4. The molecule has 0 unspecified atom stereocenters. The van der Waals surface area contributed by atoms with Gasteiger partial charge in [0.2, 0.25) is 5.91 Å². The van der Waals surface area contributed by atoms with Crippen LogP contribution in [0.1, 0.15) is 24.8 Å². The molecule has 1 aliphatic heterocycles. The molecule has 1 saturated heterocycles. The largest absolute Gasteiger partial charge is 0.479 e. The summed E-state index contributed by atoms with van der Waals surface area (Å²) in [6.45, 7) is 0.578. The van der Waals surface area contributed by atoms with Crippen molar-refractivity contribution >= 4 is 22.8 Å². The molecule has 1 aromatic heterocycles. The smallest absolute Gasteiger partial charge is 0.335 e. The number of aliphatic hydroxyl groups is 1. The van der Waals surface area contributed by atoms with Crippen LogP contribution >= 0.6 is 0 Å². The van der Waals surface area contributed by atoms with Gasteiger partial charge in [0.15, 0.2) is 5.60 Å². The predicted octanol–water partition coefficient (Wildman–Crippen LogP) is 1.55. The second-order valence-electron chi connectivity index (χ2n) is 6.50. The van der Waals surface area contributed by atoms with Crippen molar-refractivity contribution in [2.75, 3.05) is 13.1 Å². The molecule has 2 aromatic rings. The summed E-state index contributed by atoms with van der Waals surface area (Å²) in [5.74, 6) is -1.19. The topological polar surface area (TPSA) is 82.8 Å². The number of aliphatic carboxylic acids is 1. The molecule has 24 heavy (non-hydrogen) atoms. The third kappa shape index (κ3) is 3.01. The van der Waals surface area contributed by atoms with Gasteiger partial charge in [0.25, 0.3) is 0 Å². The van der Waals surface area contributed by atoms with Crippen LogP contribution in [0.15, 0.2) is 30.5 Å². The Morgan fingerprint density at radius 2 is 1.88 bits per heavy atom. The van der Waals surface area contributed by atoms with E-state index >= 15 is 0 Å². The highest BCUT2D eigenvalue weighted by atomic mass is 16.4. The van der Waals surface area contributed by atoms with Crippen molar-refractivity contribution in [3.63, 3.8) is 0 Å². The van der Waals surface area contributed by atoms with Gasteiger partial charge in [-0.15, -0.1) is 0 Å². The van der Waals surface area contributed by atoms with Gasteiger partial charge in [0.05, 0.1) is 0 Å². The molecule has 6 heteroatoms. The van der Waals surface area contributed by atoms with Gasteiger partial charge in [-0.2, -0.15) is 0 Å². The molecule has 1 amide bonds. The number of carbonyl (C=O) groups excluding carboxylic acids is 1. The van der Waals surface area contributed by atoms with E-state index < -0.39 is 11.6 Å². The molecule has 1 fully saturated rings. The molecule has 2 N–H and O–H groups in total. The van der Waals surface area contributed by atoms with Crippen LogP contribution in [-0.2, 0) is 23.1 Å². The van der Waals surface area contributed by atoms with Gasteiger partial charge in [-0.1, -0.05) is 18.2 Å². The fourth-order valence-corrected chi connectivity index (χ4v) is 3.36. The molecule has 0 aliphatic carbocycles. The highest BCUT2D eigenvalue weighted by Crippen LogP contribution is 2.24. The maximum Gasteiger partial charge on any atom is 0.335 e. The van der Waals surface area contributed by atoms with Crippen LogP contribution in [0.25, 0.3) is 10.9 Å². The van der Waals surface area contributed by atoms with Gasteiger partial charge in [0.1, 0.15) is 0 Å². The zero-order valence-corrected chi connectivity index (χ0v) is 13.7. The van der Waals surface area contributed by atoms with Crippen molar-refractivity contribution in [2.24, 2.45) is 7.05 Å². The summed E-state index contributed by atoms with van der Waals surface area (Å²) in [5, 5.41) is 20.1. The molecule has 0 saturated carbocycles. The average molecular weight is 330 g/mol. The van der Waals surface area contributed by atoms with E-state index in [9.17, 15) is 14.7 Å². The lowest BCUT2D eigenvalue weighted by Crippen LogP contribution is -2.50. The van der Waals surface area contributed by atoms with Crippen molar-refractivity contribution in [1.29, 1.82) is 0 Å². The average Bonchev–Trinajstić information content (AvgIpc) is 2.90. The van der Waals surface area contributed by atoms with Gasteiger partial charge in [0, 0.05) is 56.5 Å². The van der Waals surface area contributed by atoms with Crippen LogP contribution in [-0.4, -0.2) is 50.2 Å². The van der Waals surface area contributed by atoms with Crippen LogP contribution in [0.5, 0.6) is 0 Å². The van der Waals surface area contributed by atoms with Gasteiger partial charge < -0.3 is 19.7 Å². The number of aromatic nitrogens is 1. The van der Waals surface area contributed by atoms with E-state index in [2.05, 4.69) is 22.9 Å². The molecule has 0 spiro atoms. The molecule has 0 radical (unpaired) electrons. The highest BCUT2D eigenvalue weighted by Gasteiger charge is 2.40. The highest BCUT2D eigenvalue weighted by molar-refractivity contribution is 5.85. The van der Waals surface area contributed by atoms with E-state index in [1.54, 1.807) is 4.90 Å². The van der Waals surface area contributed by atoms with Gasteiger partial charge in [-0.3, -0.25) is 4.79 Å².